The lowest BCUT2D eigenvalue weighted by atomic mass is 10.3. The molecule has 0 atom stereocenters. The van der Waals surface area contributed by atoms with Crippen LogP contribution in [0.3, 0.4) is 0 Å². The molecule has 0 radical (unpaired) electrons. The number of amides is 1. The summed E-state index contributed by atoms with van der Waals surface area (Å²) in [4.78, 5) is 17.9. The van der Waals surface area contributed by atoms with E-state index in [-0.39, 0.29) is 10.8 Å². The number of ether oxygens (including phenoxy) is 1. The van der Waals surface area contributed by atoms with Gasteiger partial charge in [0.1, 0.15) is 0 Å². The van der Waals surface area contributed by atoms with E-state index in [1.165, 1.54) is 28.9 Å². The van der Waals surface area contributed by atoms with Gasteiger partial charge in [-0.1, -0.05) is 17.4 Å². The summed E-state index contributed by atoms with van der Waals surface area (Å²) in [5.41, 5.74) is 0.826. The summed E-state index contributed by atoms with van der Waals surface area (Å²) in [5.74, 6) is -0.309. The highest BCUT2D eigenvalue weighted by Gasteiger charge is 2.13. The molecule has 0 bridgehead atoms. The lowest BCUT2D eigenvalue weighted by molar-refractivity contribution is 0.100. The van der Waals surface area contributed by atoms with E-state index < -0.39 is 9.84 Å². The highest BCUT2D eigenvalue weighted by Crippen LogP contribution is 2.22. The molecule has 0 N–H and O–H groups in total. The molecule has 132 valence electrons. The number of thiazole rings is 1. The van der Waals surface area contributed by atoms with Gasteiger partial charge in [-0.15, -0.1) is 11.3 Å². The Morgan fingerprint density at radius 3 is 2.76 bits per heavy atom. The Hall–Kier alpha value is -1.81. The van der Waals surface area contributed by atoms with Crippen LogP contribution in [-0.2, 0) is 21.1 Å². The van der Waals surface area contributed by atoms with Gasteiger partial charge in [0, 0.05) is 19.9 Å². The first-order chi connectivity index (χ1) is 11.9. The van der Waals surface area contributed by atoms with Gasteiger partial charge in [0.25, 0.3) is 5.91 Å². The summed E-state index contributed by atoms with van der Waals surface area (Å²) in [7, 11) is -1.69. The van der Waals surface area contributed by atoms with Crippen LogP contribution in [0.4, 0.5) is 0 Å². The second kappa shape index (κ2) is 7.20. The number of methoxy groups -OCH3 is 1. The van der Waals surface area contributed by atoms with Gasteiger partial charge in [-0.05, 0) is 29.6 Å². The molecule has 9 heteroatoms. The number of aromatic nitrogens is 1. The van der Waals surface area contributed by atoms with Gasteiger partial charge in [-0.2, -0.15) is 4.99 Å². The molecular formula is C16H16N2O4S3. The van der Waals surface area contributed by atoms with Crippen LogP contribution in [0.2, 0.25) is 0 Å². The van der Waals surface area contributed by atoms with E-state index >= 15 is 0 Å². The molecule has 25 heavy (non-hydrogen) atoms. The fraction of sp³-hybridized carbons (Fsp3) is 0.250. The van der Waals surface area contributed by atoms with Gasteiger partial charge >= 0.3 is 0 Å². The summed E-state index contributed by atoms with van der Waals surface area (Å²) >= 11 is 2.63. The van der Waals surface area contributed by atoms with Crippen molar-refractivity contribution in [2.45, 2.75) is 11.4 Å². The predicted octanol–water partition coefficient (Wildman–Crippen LogP) is 2.56. The van der Waals surface area contributed by atoms with Gasteiger partial charge in [-0.25, -0.2) is 8.42 Å². The van der Waals surface area contributed by atoms with Gasteiger partial charge in [0.2, 0.25) is 0 Å². The number of sulfone groups is 1. The van der Waals surface area contributed by atoms with Crippen LogP contribution < -0.4 is 4.80 Å². The zero-order valence-corrected chi connectivity index (χ0v) is 16.1. The molecular weight excluding hydrogens is 380 g/mol. The average molecular weight is 397 g/mol. The minimum Gasteiger partial charge on any atom is -0.383 e. The normalized spacial score (nSPS) is 12.8. The first kappa shape index (κ1) is 18.0. The van der Waals surface area contributed by atoms with E-state index in [0.29, 0.717) is 22.8 Å². The summed E-state index contributed by atoms with van der Waals surface area (Å²) in [5, 5.41) is 1.82. The smallest absolute Gasteiger partial charge is 0.289 e. The largest absolute Gasteiger partial charge is 0.383 e. The molecule has 3 rings (SSSR count). The van der Waals surface area contributed by atoms with Crippen molar-refractivity contribution in [3.05, 3.63) is 45.4 Å². The molecule has 2 aromatic heterocycles. The molecule has 1 aromatic carbocycles. The third-order valence-electron chi connectivity index (χ3n) is 3.53. The average Bonchev–Trinajstić information content (AvgIpc) is 3.19. The third-order valence-corrected chi connectivity index (χ3v) is 6.54. The summed E-state index contributed by atoms with van der Waals surface area (Å²) in [6.45, 7) is 0.977. The molecule has 3 aromatic rings. The van der Waals surface area contributed by atoms with Gasteiger partial charge < -0.3 is 9.30 Å². The third kappa shape index (κ3) is 3.90. The van der Waals surface area contributed by atoms with Crippen LogP contribution >= 0.6 is 22.7 Å². The lowest BCUT2D eigenvalue weighted by Crippen LogP contribution is -2.19. The number of carbonyl (C=O) groups is 1. The minimum atomic E-state index is -3.30. The summed E-state index contributed by atoms with van der Waals surface area (Å²) in [6, 6.07) is 8.46. The number of carbonyl (C=O) groups excluding carboxylic acids is 1. The van der Waals surface area contributed by atoms with E-state index in [1.807, 2.05) is 9.95 Å². The SMILES string of the molecule is COCCn1c(=NC(=O)c2cccs2)sc2cc(S(C)(=O)=O)ccc21. The number of thiophene rings is 1. The zero-order valence-electron chi connectivity index (χ0n) is 13.6. The minimum absolute atomic E-state index is 0.247. The highest BCUT2D eigenvalue weighted by molar-refractivity contribution is 7.90. The second-order valence-electron chi connectivity index (χ2n) is 5.33. The molecule has 2 heterocycles. The highest BCUT2D eigenvalue weighted by atomic mass is 32.2. The molecule has 1 amide bonds. The van der Waals surface area contributed by atoms with E-state index in [0.717, 1.165) is 10.2 Å². The van der Waals surface area contributed by atoms with Crippen molar-refractivity contribution >= 4 is 48.6 Å². The molecule has 0 aliphatic carbocycles. The maximum Gasteiger partial charge on any atom is 0.289 e. The summed E-state index contributed by atoms with van der Waals surface area (Å²) in [6.07, 6.45) is 1.17. The van der Waals surface area contributed by atoms with Crippen molar-refractivity contribution in [2.24, 2.45) is 4.99 Å². The maximum atomic E-state index is 12.3. The fourth-order valence-corrected chi connectivity index (χ4v) is 4.73. The van der Waals surface area contributed by atoms with Crippen LogP contribution in [-0.4, -0.2) is 38.9 Å². The van der Waals surface area contributed by atoms with Crippen molar-refractivity contribution < 1.29 is 17.9 Å². The zero-order chi connectivity index (χ0) is 18.0. The Morgan fingerprint density at radius 2 is 2.12 bits per heavy atom. The topological polar surface area (TPSA) is 77.7 Å². The Labute approximate surface area is 153 Å². The number of rotatable bonds is 5. The van der Waals surface area contributed by atoms with Crippen molar-refractivity contribution in [3.63, 3.8) is 0 Å². The molecule has 0 aliphatic rings. The Balaban J connectivity index is 2.17. The molecule has 0 aliphatic heterocycles. The van der Waals surface area contributed by atoms with Gasteiger partial charge in [0.15, 0.2) is 14.6 Å². The van der Waals surface area contributed by atoms with Gasteiger partial charge in [0.05, 0.1) is 26.6 Å². The maximum absolute atomic E-state index is 12.3. The fourth-order valence-electron chi connectivity index (χ4n) is 2.31. The molecule has 0 unspecified atom stereocenters. The van der Waals surface area contributed by atoms with E-state index in [4.69, 9.17) is 4.74 Å². The quantitative estimate of drug-likeness (QED) is 0.664. The predicted molar refractivity (Wildman–Crippen MR) is 99.0 cm³/mol. The van der Waals surface area contributed by atoms with E-state index in [2.05, 4.69) is 4.99 Å². The number of hydrogen-bond donors (Lipinski definition) is 0. The summed E-state index contributed by atoms with van der Waals surface area (Å²) < 4.78 is 31.3. The van der Waals surface area contributed by atoms with Crippen LogP contribution in [0.15, 0.2) is 45.6 Å². The number of fused-ring (bicyclic) bond motifs is 1. The molecule has 0 fully saturated rings. The van der Waals surface area contributed by atoms with E-state index in [1.54, 1.807) is 37.4 Å². The first-order valence-electron chi connectivity index (χ1n) is 7.35. The number of benzene rings is 1. The number of hydrogen-bond acceptors (Lipinski definition) is 6. The van der Waals surface area contributed by atoms with Crippen molar-refractivity contribution in [3.8, 4) is 0 Å². The van der Waals surface area contributed by atoms with Crippen LogP contribution in [0, 0.1) is 0 Å². The van der Waals surface area contributed by atoms with Crippen molar-refractivity contribution in [1.82, 2.24) is 4.57 Å². The standard InChI is InChI=1S/C16H16N2O4S3/c1-22-8-7-18-12-6-5-11(25(2,20)21)10-14(12)24-16(18)17-15(19)13-4-3-9-23-13/h3-6,9-10H,7-8H2,1-2H3. The molecule has 0 saturated carbocycles. The Morgan fingerprint density at radius 1 is 1.32 bits per heavy atom. The lowest BCUT2D eigenvalue weighted by Gasteiger charge is -2.04. The molecule has 0 saturated heterocycles. The Kier molecular flexibility index (Phi) is 5.19. The van der Waals surface area contributed by atoms with Crippen LogP contribution in [0.1, 0.15) is 9.67 Å². The molecule has 6 nitrogen and oxygen atoms in total. The van der Waals surface area contributed by atoms with Gasteiger partial charge in [-0.3, -0.25) is 4.79 Å². The monoisotopic (exact) mass is 396 g/mol. The van der Waals surface area contributed by atoms with Crippen LogP contribution in [0.25, 0.3) is 10.2 Å². The molecule has 0 spiro atoms. The Bertz CT molecular complexity index is 1080. The van der Waals surface area contributed by atoms with Crippen molar-refractivity contribution in [1.29, 1.82) is 0 Å². The second-order valence-corrected chi connectivity index (χ2v) is 9.30. The van der Waals surface area contributed by atoms with E-state index in [9.17, 15) is 13.2 Å². The van der Waals surface area contributed by atoms with Crippen LogP contribution in [0.5, 0.6) is 0 Å². The number of nitrogens with zero attached hydrogens (tertiary/aromatic N) is 2. The first-order valence-corrected chi connectivity index (χ1v) is 10.9. The van der Waals surface area contributed by atoms with Crippen molar-refractivity contribution in [2.75, 3.05) is 20.0 Å².